The minimum atomic E-state index is -0.237. The van der Waals surface area contributed by atoms with Crippen LogP contribution >= 0.6 is 0 Å². The van der Waals surface area contributed by atoms with E-state index in [0.29, 0.717) is 12.8 Å². The summed E-state index contributed by atoms with van der Waals surface area (Å²) in [5.74, 6) is -0.359. The maximum atomic E-state index is 11.5. The highest BCUT2D eigenvalue weighted by Crippen LogP contribution is 2.25. The summed E-state index contributed by atoms with van der Waals surface area (Å²) in [4.78, 5) is 23.0. The molecule has 0 aromatic carbocycles. The summed E-state index contributed by atoms with van der Waals surface area (Å²) in [6, 6.07) is 0. The Hall–Kier alpha value is -1.06. The molecule has 0 spiro atoms. The van der Waals surface area contributed by atoms with E-state index < -0.39 is 0 Å². The van der Waals surface area contributed by atoms with E-state index in [0.717, 1.165) is 38.5 Å². The van der Waals surface area contributed by atoms with E-state index in [4.69, 9.17) is 9.47 Å². The number of ether oxygens (including phenoxy) is 2. The van der Waals surface area contributed by atoms with Gasteiger partial charge in [-0.3, -0.25) is 9.59 Å². The molecule has 1 aliphatic rings. The first kappa shape index (κ1) is 15.0. The smallest absolute Gasteiger partial charge is 0.306 e. The average Bonchev–Trinajstić information content (AvgIpc) is 2.32. The van der Waals surface area contributed by atoms with Gasteiger partial charge in [0.25, 0.3) is 0 Å². The maximum Gasteiger partial charge on any atom is 0.306 e. The van der Waals surface area contributed by atoms with Crippen molar-refractivity contribution >= 4 is 11.9 Å². The molecule has 1 rings (SSSR count). The van der Waals surface area contributed by atoms with Crippen LogP contribution in [0.2, 0.25) is 0 Å². The van der Waals surface area contributed by atoms with E-state index in [9.17, 15) is 9.59 Å². The predicted molar refractivity (Wildman–Crippen MR) is 68.0 cm³/mol. The number of carbonyl (C=O) groups is 2. The average molecular weight is 256 g/mol. The molecule has 0 heterocycles. The molecule has 4 nitrogen and oxygen atoms in total. The molecule has 0 N–H and O–H groups in total. The van der Waals surface area contributed by atoms with Crippen molar-refractivity contribution in [2.45, 2.75) is 77.4 Å². The highest BCUT2D eigenvalue weighted by Gasteiger charge is 2.30. The number of carbonyl (C=O) groups excluding carboxylic acids is 2. The third kappa shape index (κ3) is 5.07. The van der Waals surface area contributed by atoms with Crippen molar-refractivity contribution in [1.29, 1.82) is 0 Å². The molecular formula is C14H24O4. The molecule has 0 aliphatic heterocycles. The van der Waals surface area contributed by atoms with Crippen LogP contribution in [0.1, 0.15) is 65.2 Å². The van der Waals surface area contributed by atoms with Crippen LogP contribution < -0.4 is 0 Å². The molecular weight excluding hydrogens is 232 g/mol. The monoisotopic (exact) mass is 256 g/mol. The summed E-state index contributed by atoms with van der Waals surface area (Å²) >= 11 is 0. The molecule has 104 valence electrons. The van der Waals surface area contributed by atoms with Gasteiger partial charge in [-0.05, 0) is 38.5 Å². The Labute approximate surface area is 109 Å². The molecule has 0 amide bonds. The molecule has 2 atom stereocenters. The van der Waals surface area contributed by atoms with Gasteiger partial charge in [-0.1, -0.05) is 13.8 Å². The van der Waals surface area contributed by atoms with Crippen LogP contribution in [0, 0.1) is 0 Å². The highest BCUT2D eigenvalue weighted by atomic mass is 16.6. The summed E-state index contributed by atoms with van der Waals surface area (Å²) in [6.45, 7) is 3.89. The lowest BCUT2D eigenvalue weighted by molar-refractivity contribution is -0.171. The first-order chi connectivity index (χ1) is 8.67. The Balaban J connectivity index is 2.46. The standard InChI is InChI=1S/C14H24O4/c1-3-7-13(15)17-11-9-5-6-10-12(11)18-14(16)8-4-2/h11-12H,3-10H2,1-2H3. The second-order valence-corrected chi connectivity index (χ2v) is 4.84. The van der Waals surface area contributed by atoms with Gasteiger partial charge >= 0.3 is 11.9 Å². The molecule has 0 aromatic heterocycles. The van der Waals surface area contributed by atoms with Gasteiger partial charge < -0.3 is 9.47 Å². The SMILES string of the molecule is CCCC(=O)OC1CCCCC1OC(=O)CCC. The molecule has 2 unspecified atom stereocenters. The fourth-order valence-corrected chi connectivity index (χ4v) is 2.20. The second kappa shape index (κ2) is 8.11. The lowest BCUT2D eigenvalue weighted by Gasteiger charge is -2.30. The normalized spacial score (nSPS) is 23.4. The van der Waals surface area contributed by atoms with Crippen molar-refractivity contribution in [3.8, 4) is 0 Å². The molecule has 4 heteroatoms. The third-order valence-electron chi connectivity index (χ3n) is 3.12. The van der Waals surface area contributed by atoms with Crippen molar-refractivity contribution in [1.82, 2.24) is 0 Å². The summed E-state index contributed by atoms with van der Waals surface area (Å²) in [5.41, 5.74) is 0. The van der Waals surface area contributed by atoms with Crippen LogP contribution in [0.15, 0.2) is 0 Å². The van der Waals surface area contributed by atoms with Gasteiger partial charge in [0, 0.05) is 12.8 Å². The molecule has 18 heavy (non-hydrogen) atoms. The molecule has 0 bridgehead atoms. The Bertz CT molecular complexity index is 247. The summed E-state index contributed by atoms with van der Waals surface area (Å²) in [7, 11) is 0. The molecule has 1 fully saturated rings. The van der Waals surface area contributed by atoms with E-state index >= 15 is 0 Å². The zero-order valence-electron chi connectivity index (χ0n) is 11.4. The minimum Gasteiger partial charge on any atom is -0.458 e. The predicted octanol–water partition coefficient (Wildman–Crippen LogP) is 2.98. The molecule has 0 aromatic rings. The van der Waals surface area contributed by atoms with Crippen molar-refractivity contribution in [3.63, 3.8) is 0 Å². The Kier molecular flexibility index (Phi) is 6.76. The third-order valence-corrected chi connectivity index (χ3v) is 3.12. The van der Waals surface area contributed by atoms with Gasteiger partial charge in [0.15, 0.2) is 0 Å². The summed E-state index contributed by atoms with van der Waals surface area (Å²) in [6.07, 6.45) is 5.64. The Morgan fingerprint density at radius 3 is 1.61 bits per heavy atom. The van der Waals surface area contributed by atoms with Crippen LogP contribution in [-0.2, 0) is 19.1 Å². The zero-order valence-corrected chi connectivity index (χ0v) is 11.4. The molecule has 1 aliphatic carbocycles. The molecule has 0 radical (unpaired) electrons. The van der Waals surface area contributed by atoms with Crippen molar-refractivity contribution in [2.75, 3.05) is 0 Å². The van der Waals surface area contributed by atoms with E-state index in [2.05, 4.69) is 0 Å². The molecule has 1 saturated carbocycles. The van der Waals surface area contributed by atoms with Gasteiger partial charge in [-0.15, -0.1) is 0 Å². The Morgan fingerprint density at radius 1 is 0.889 bits per heavy atom. The second-order valence-electron chi connectivity index (χ2n) is 4.84. The number of hydrogen-bond donors (Lipinski definition) is 0. The van der Waals surface area contributed by atoms with E-state index in [1.807, 2.05) is 13.8 Å². The quantitative estimate of drug-likeness (QED) is 0.685. The minimum absolute atomic E-state index is 0.180. The lowest BCUT2D eigenvalue weighted by Crippen LogP contribution is -2.37. The van der Waals surface area contributed by atoms with E-state index in [1.54, 1.807) is 0 Å². The van der Waals surface area contributed by atoms with Crippen molar-refractivity contribution in [2.24, 2.45) is 0 Å². The number of hydrogen-bond acceptors (Lipinski definition) is 4. The van der Waals surface area contributed by atoms with E-state index in [-0.39, 0.29) is 24.1 Å². The largest absolute Gasteiger partial charge is 0.458 e. The molecule has 0 saturated heterocycles. The van der Waals surface area contributed by atoms with Gasteiger partial charge in [-0.2, -0.15) is 0 Å². The van der Waals surface area contributed by atoms with E-state index in [1.165, 1.54) is 0 Å². The van der Waals surface area contributed by atoms with Crippen molar-refractivity contribution < 1.29 is 19.1 Å². The van der Waals surface area contributed by atoms with Crippen LogP contribution in [0.5, 0.6) is 0 Å². The summed E-state index contributed by atoms with van der Waals surface area (Å²) < 4.78 is 10.8. The van der Waals surface area contributed by atoms with Crippen LogP contribution in [0.3, 0.4) is 0 Å². The lowest BCUT2D eigenvalue weighted by atomic mass is 9.94. The fourth-order valence-electron chi connectivity index (χ4n) is 2.20. The zero-order chi connectivity index (χ0) is 13.4. The van der Waals surface area contributed by atoms with Gasteiger partial charge in [0.05, 0.1) is 0 Å². The van der Waals surface area contributed by atoms with Gasteiger partial charge in [0.1, 0.15) is 12.2 Å². The van der Waals surface area contributed by atoms with Crippen LogP contribution in [0.4, 0.5) is 0 Å². The van der Waals surface area contributed by atoms with Crippen LogP contribution in [-0.4, -0.2) is 24.1 Å². The maximum absolute atomic E-state index is 11.5. The number of rotatable bonds is 6. The Morgan fingerprint density at radius 2 is 1.28 bits per heavy atom. The van der Waals surface area contributed by atoms with Crippen LogP contribution in [0.25, 0.3) is 0 Å². The van der Waals surface area contributed by atoms with Gasteiger partial charge in [0.2, 0.25) is 0 Å². The highest BCUT2D eigenvalue weighted by molar-refractivity contribution is 5.70. The fraction of sp³-hybridized carbons (Fsp3) is 0.857. The van der Waals surface area contributed by atoms with Gasteiger partial charge in [-0.25, -0.2) is 0 Å². The summed E-state index contributed by atoms with van der Waals surface area (Å²) in [5, 5.41) is 0. The topological polar surface area (TPSA) is 52.6 Å². The van der Waals surface area contributed by atoms with Crippen molar-refractivity contribution in [3.05, 3.63) is 0 Å². The first-order valence-corrected chi connectivity index (χ1v) is 7.06. The number of esters is 2. The first-order valence-electron chi connectivity index (χ1n) is 7.06.